The van der Waals surface area contributed by atoms with Gasteiger partial charge in [0.25, 0.3) is 0 Å². The summed E-state index contributed by atoms with van der Waals surface area (Å²) in [5, 5.41) is 9.67. The molecular formula is C16H21NO4. The number of rotatable bonds is 4. The maximum absolute atomic E-state index is 11.8. The maximum atomic E-state index is 11.8. The number of nitrogens with zero attached hydrogens (tertiary/aromatic N) is 1. The molecule has 2 fully saturated rings. The van der Waals surface area contributed by atoms with Gasteiger partial charge in [-0.15, -0.1) is 0 Å². The Morgan fingerprint density at radius 3 is 2.57 bits per heavy atom. The average molecular weight is 291 g/mol. The van der Waals surface area contributed by atoms with Crippen LogP contribution in [-0.2, 0) is 14.9 Å². The van der Waals surface area contributed by atoms with E-state index in [0.717, 1.165) is 30.8 Å². The number of carboxylic acid groups (broad SMARTS) is 1. The largest absolute Gasteiger partial charge is 0.496 e. The zero-order valence-corrected chi connectivity index (χ0v) is 12.3. The SMILES string of the molecule is COc1ccc(N2CCOCC2)cc1C1(C(=O)O)CCC1. The van der Waals surface area contributed by atoms with Gasteiger partial charge in [-0.2, -0.15) is 0 Å². The van der Waals surface area contributed by atoms with E-state index in [1.54, 1.807) is 7.11 Å². The molecule has 2 aliphatic rings. The van der Waals surface area contributed by atoms with Crippen LogP contribution >= 0.6 is 0 Å². The van der Waals surface area contributed by atoms with Crippen molar-refractivity contribution in [2.45, 2.75) is 24.7 Å². The molecule has 1 aromatic carbocycles. The third kappa shape index (κ3) is 2.35. The van der Waals surface area contributed by atoms with E-state index in [1.165, 1.54) is 0 Å². The Balaban J connectivity index is 1.99. The molecule has 1 aromatic rings. The van der Waals surface area contributed by atoms with Crippen LogP contribution in [0.2, 0.25) is 0 Å². The standard InChI is InChI=1S/C16H21NO4/c1-20-14-4-3-12(17-7-9-21-10-8-17)11-13(14)16(15(18)19)5-2-6-16/h3-4,11H,2,5-10H2,1H3,(H,18,19). The molecule has 0 spiro atoms. The Labute approximate surface area is 124 Å². The van der Waals surface area contributed by atoms with Gasteiger partial charge in [0.1, 0.15) is 5.75 Å². The van der Waals surface area contributed by atoms with Crippen molar-refractivity contribution >= 4 is 11.7 Å². The normalized spacial score (nSPS) is 20.7. The summed E-state index contributed by atoms with van der Waals surface area (Å²) in [4.78, 5) is 14.0. The molecule has 0 unspecified atom stereocenters. The van der Waals surface area contributed by atoms with Gasteiger partial charge in [0.2, 0.25) is 0 Å². The van der Waals surface area contributed by atoms with Crippen molar-refractivity contribution in [1.29, 1.82) is 0 Å². The van der Waals surface area contributed by atoms with Crippen LogP contribution in [0.15, 0.2) is 18.2 Å². The lowest BCUT2D eigenvalue weighted by molar-refractivity contribution is -0.147. The number of aliphatic carboxylic acids is 1. The molecule has 1 saturated heterocycles. The van der Waals surface area contributed by atoms with E-state index < -0.39 is 11.4 Å². The van der Waals surface area contributed by atoms with Gasteiger partial charge in [0.05, 0.1) is 25.7 Å². The highest BCUT2D eigenvalue weighted by Crippen LogP contribution is 2.48. The predicted octanol–water partition coefficient (Wildman–Crippen LogP) is 2.04. The van der Waals surface area contributed by atoms with Crippen molar-refractivity contribution in [3.8, 4) is 5.75 Å². The van der Waals surface area contributed by atoms with Crippen LogP contribution < -0.4 is 9.64 Å². The molecule has 0 radical (unpaired) electrons. The van der Waals surface area contributed by atoms with Crippen LogP contribution in [0.4, 0.5) is 5.69 Å². The first-order valence-electron chi connectivity index (χ1n) is 7.42. The van der Waals surface area contributed by atoms with Crippen molar-refractivity contribution in [1.82, 2.24) is 0 Å². The van der Waals surface area contributed by atoms with Gasteiger partial charge in [-0.1, -0.05) is 6.42 Å². The number of methoxy groups -OCH3 is 1. The maximum Gasteiger partial charge on any atom is 0.314 e. The molecule has 3 rings (SSSR count). The quantitative estimate of drug-likeness (QED) is 0.920. The van der Waals surface area contributed by atoms with Gasteiger partial charge < -0.3 is 19.5 Å². The summed E-state index contributed by atoms with van der Waals surface area (Å²) in [6.45, 7) is 3.11. The third-order valence-electron chi connectivity index (χ3n) is 4.69. The zero-order chi connectivity index (χ0) is 14.9. The molecule has 1 N–H and O–H groups in total. The lowest BCUT2D eigenvalue weighted by Crippen LogP contribution is -2.43. The van der Waals surface area contributed by atoms with Crippen LogP contribution in [0, 0.1) is 0 Å². The van der Waals surface area contributed by atoms with Crippen molar-refractivity contribution < 1.29 is 19.4 Å². The molecule has 5 nitrogen and oxygen atoms in total. The van der Waals surface area contributed by atoms with E-state index in [1.807, 2.05) is 18.2 Å². The van der Waals surface area contributed by atoms with E-state index in [0.29, 0.717) is 31.8 Å². The summed E-state index contributed by atoms with van der Waals surface area (Å²) < 4.78 is 10.8. The first-order chi connectivity index (χ1) is 10.2. The van der Waals surface area contributed by atoms with Crippen LogP contribution in [0.1, 0.15) is 24.8 Å². The fourth-order valence-electron chi connectivity index (χ4n) is 3.22. The molecule has 21 heavy (non-hydrogen) atoms. The highest BCUT2D eigenvalue weighted by Gasteiger charge is 2.47. The predicted molar refractivity (Wildman–Crippen MR) is 79.2 cm³/mol. The summed E-state index contributed by atoms with van der Waals surface area (Å²) >= 11 is 0. The van der Waals surface area contributed by atoms with E-state index in [9.17, 15) is 9.90 Å². The van der Waals surface area contributed by atoms with E-state index in [-0.39, 0.29) is 0 Å². The summed E-state index contributed by atoms with van der Waals surface area (Å²) in [5.74, 6) is -0.0692. The molecule has 1 heterocycles. The number of benzene rings is 1. The summed E-state index contributed by atoms with van der Waals surface area (Å²) in [6.07, 6.45) is 2.33. The average Bonchev–Trinajstić information content (AvgIpc) is 2.46. The second-order valence-corrected chi connectivity index (χ2v) is 5.72. The minimum Gasteiger partial charge on any atom is -0.496 e. The third-order valence-corrected chi connectivity index (χ3v) is 4.69. The Bertz CT molecular complexity index is 533. The van der Waals surface area contributed by atoms with E-state index in [2.05, 4.69) is 4.90 Å². The minimum atomic E-state index is -0.770. The Morgan fingerprint density at radius 2 is 2.05 bits per heavy atom. The molecule has 1 aliphatic carbocycles. The minimum absolute atomic E-state index is 0.675. The molecule has 0 aromatic heterocycles. The van der Waals surface area contributed by atoms with Gasteiger partial charge >= 0.3 is 5.97 Å². The van der Waals surface area contributed by atoms with Crippen molar-refractivity contribution in [3.05, 3.63) is 23.8 Å². The van der Waals surface area contributed by atoms with Gasteiger partial charge in [-0.3, -0.25) is 4.79 Å². The second kappa shape index (κ2) is 5.56. The number of anilines is 1. The number of ether oxygens (including phenoxy) is 2. The van der Waals surface area contributed by atoms with Crippen LogP contribution in [0.25, 0.3) is 0 Å². The van der Waals surface area contributed by atoms with Gasteiger partial charge in [-0.05, 0) is 31.0 Å². The molecule has 0 bridgehead atoms. The van der Waals surface area contributed by atoms with E-state index >= 15 is 0 Å². The molecule has 5 heteroatoms. The van der Waals surface area contributed by atoms with Crippen molar-refractivity contribution in [2.24, 2.45) is 0 Å². The van der Waals surface area contributed by atoms with Crippen molar-refractivity contribution in [3.63, 3.8) is 0 Å². The summed E-state index contributed by atoms with van der Waals surface area (Å²) in [7, 11) is 1.60. The van der Waals surface area contributed by atoms with Gasteiger partial charge in [-0.25, -0.2) is 0 Å². The molecule has 1 saturated carbocycles. The Hall–Kier alpha value is -1.75. The van der Waals surface area contributed by atoms with Crippen LogP contribution in [-0.4, -0.2) is 44.5 Å². The first-order valence-corrected chi connectivity index (χ1v) is 7.42. The molecular weight excluding hydrogens is 270 g/mol. The van der Waals surface area contributed by atoms with Gasteiger partial charge in [0, 0.05) is 24.3 Å². The molecule has 114 valence electrons. The highest BCUT2D eigenvalue weighted by atomic mass is 16.5. The number of carboxylic acids is 1. The lowest BCUT2D eigenvalue weighted by atomic mass is 9.64. The fourth-order valence-corrected chi connectivity index (χ4v) is 3.22. The number of hydrogen-bond acceptors (Lipinski definition) is 4. The number of hydrogen-bond donors (Lipinski definition) is 1. The van der Waals surface area contributed by atoms with Crippen LogP contribution in [0.5, 0.6) is 5.75 Å². The first kappa shape index (κ1) is 14.2. The summed E-state index contributed by atoms with van der Waals surface area (Å²) in [5.41, 5.74) is 1.10. The zero-order valence-electron chi connectivity index (χ0n) is 12.3. The van der Waals surface area contributed by atoms with Crippen molar-refractivity contribution in [2.75, 3.05) is 38.3 Å². The number of morpholine rings is 1. The number of carbonyl (C=O) groups is 1. The molecule has 0 atom stereocenters. The monoisotopic (exact) mass is 291 g/mol. The topological polar surface area (TPSA) is 59.0 Å². The second-order valence-electron chi connectivity index (χ2n) is 5.72. The van der Waals surface area contributed by atoms with Crippen LogP contribution in [0.3, 0.4) is 0 Å². The van der Waals surface area contributed by atoms with E-state index in [4.69, 9.17) is 9.47 Å². The molecule has 1 aliphatic heterocycles. The highest BCUT2D eigenvalue weighted by molar-refractivity contribution is 5.84. The summed E-state index contributed by atoms with van der Waals surface area (Å²) in [6, 6.07) is 5.89. The van der Waals surface area contributed by atoms with Gasteiger partial charge in [0.15, 0.2) is 0 Å². The lowest BCUT2D eigenvalue weighted by Gasteiger charge is -2.39. The Morgan fingerprint density at radius 1 is 1.33 bits per heavy atom. The Kier molecular flexibility index (Phi) is 3.76. The fraction of sp³-hybridized carbons (Fsp3) is 0.562. The molecule has 0 amide bonds. The smallest absolute Gasteiger partial charge is 0.314 e.